The number of hydrogen-bond donors (Lipinski definition) is 0. The lowest BCUT2D eigenvalue weighted by molar-refractivity contribution is 0.122. The Morgan fingerprint density at radius 2 is 1.96 bits per heavy atom. The van der Waals surface area contributed by atoms with E-state index < -0.39 is 15.2 Å². The van der Waals surface area contributed by atoms with E-state index in [4.69, 9.17) is 4.74 Å². The van der Waals surface area contributed by atoms with Crippen LogP contribution >= 0.6 is 0 Å². The van der Waals surface area contributed by atoms with Gasteiger partial charge in [0, 0.05) is 32.9 Å². The van der Waals surface area contributed by atoms with Crippen LogP contribution in [0.25, 0.3) is 0 Å². The van der Waals surface area contributed by atoms with Crippen LogP contribution in [0.1, 0.15) is 19.3 Å². The third-order valence-electron chi connectivity index (χ3n) is 4.43. The zero-order chi connectivity index (χ0) is 17.2. The summed E-state index contributed by atoms with van der Waals surface area (Å²) in [4.78, 5) is 15.1. The Morgan fingerprint density at radius 3 is 2.67 bits per heavy atom. The molecule has 10 heteroatoms. The normalized spacial score (nSPS) is 23.2. The number of piperidine rings is 1. The molecule has 2 aliphatic heterocycles. The van der Waals surface area contributed by atoms with Crippen molar-refractivity contribution in [2.24, 2.45) is 0 Å². The van der Waals surface area contributed by atoms with Gasteiger partial charge in [-0.25, -0.2) is 18.4 Å². The largest absolute Gasteiger partial charge is 0.378 e. The molecule has 1 aromatic heterocycles. The van der Waals surface area contributed by atoms with E-state index >= 15 is 0 Å². The maximum atomic E-state index is 12.1. The highest BCUT2D eigenvalue weighted by atomic mass is 32.2. The van der Waals surface area contributed by atoms with Crippen molar-refractivity contribution in [3.05, 3.63) is 6.33 Å². The van der Waals surface area contributed by atoms with Crippen molar-refractivity contribution in [2.45, 2.75) is 24.6 Å². The van der Waals surface area contributed by atoms with Crippen molar-refractivity contribution in [1.82, 2.24) is 20.0 Å². The number of hydrazine groups is 1. The van der Waals surface area contributed by atoms with E-state index in [0.29, 0.717) is 38.1 Å². The number of sulfone groups is 1. The minimum Gasteiger partial charge on any atom is -0.378 e. The number of nitrogens with zero attached hydrogens (tertiary/aromatic N) is 6. The lowest BCUT2D eigenvalue weighted by atomic mass is 10.1. The van der Waals surface area contributed by atoms with Crippen LogP contribution in [-0.2, 0) is 14.6 Å². The molecule has 0 radical (unpaired) electrons. The molecule has 0 spiro atoms. The molecule has 0 aromatic carbocycles. The summed E-state index contributed by atoms with van der Waals surface area (Å²) >= 11 is 0. The van der Waals surface area contributed by atoms with E-state index in [0.717, 1.165) is 25.9 Å². The van der Waals surface area contributed by atoms with Crippen LogP contribution in [0.3, 0.4) is 0 Å². The van der Waals surface area contributed by atoms with Crippen LogP contribution in [0.15, 0.2) is 6.33 Å². The van der Waals surface area contributed by atoms with Gasteiger partial charge < -0.3 is 9.64 Å². The van der Waals surface area contributed by atoms with Crippen LogP contribution < -0.4 is 9.91 Å². The zero-order valence-corrected chi connectivity index (χ0v) is 14.9. The van der Waals surface area contributed by atoms with Crippen molar-refractivity contribution in [2.75, 3.05) is 56.1 Å². The van der Waals surface area contributed by atoms with Gasteiger partial charge in [0.15, 0.2) is 9.84 Å². The summed E-state index contributed by atoms with van der Waals surface area (Å²) in [5, 5.41) is 3.06. The number of hydrogen-bond acceptors (Lipinski definition) is 9. The fourth-order valence-electron chi connectivity index (χ4n) is 3.13. The number of ether oxygens (including phenoxy) is 1. The first-order valence-electron chi connectivity index (χ1n) is 8.18. The predicted octanol–water partition coefficient (Wildman–Crippen LogP) is -0.0840. The maximum absolute atomic E-state index is 12.1. The van der Waals surface area contributed by atoms with E-state index in [1.54, 1.807) is 5.01 Å². The third kappa shape index (κ3) is 3.76. The highest BCUT2D eigenvalue weighted by Crippen LogP contribution is 2.24. The van der Waals surface area contributed by atoms with Gasteiger partial charge in [-0.2, -0.15) is 9.97 Å². The Kier molecular flexibility index (Phi) is 5.16. The van der Waals surface area contributed by atoms with Gasteiger partial charge >= 0.3 is 0 Å². The van der Waals surface area contributed by atoms with Gasteiger partial charge in [-0.3, -0.25) is 5.01 Å². The Labute approximate surface area is 142 Å². The van der Waals surface area contributed by atoms with Gasteiger partial charge in [0.1, 0.15) is 11.7 Å². The van der Waals surface area contributed by atoms with E-state index in [1.807, 2.05) is 17.0 Å². The van der Waals surface area contributed by atoms with Gasteiger partial charge in [0.2, 0.25) is 11.9 Å². The first-order valence-corrected chi connectivity index (χ1v) is 10.1. The molecule has 0 saturated carbocycles. The predicted molar refractivity (Wildman–Crippen MR) is 90.5 cm³/mol. The fourth-order valence-corrected chi connectivity index (χ4v) is 4.41. The number of anilines is 2. The van der Waals surface area contributed by atoms with E-state index in [-0.39, 0.29) is 0 Å². The molecule has 3 heterocycles. The lowest BCUT2D eigenvalue weighted by Crippen LogP contribution is -2.53. The van der Waals surface area contributed by atoms with E-state index in [1.165, 1.54) is 12.6 Å². The summed E-state index contributed by atoms with van der Waals surface area (Å²) in [5.74, 6) is 1.06. The van der Waals surface area contributed by atoms with Crippen LogP contribution in [0.2, 0.25) is 0 Å². The van der Waals surface area contributed by atoms with Crippen LogP contribution in [-0.4, -0.2) is 79.9 Å². The number of aromatic nitrogens is 3. The summed E-state index contributed by atoms with van der Waals surface area (Å²) < 4.78 is 29.6. The van der Waals surface area contributed by atoms with Crippen LogP contribution in [0, 0.1) is 0 Å². The van der Waals surface area contributed by atoms with Crippen molar-refractivity contribution in [3.63, 3.8) is 0 Å². The lowest BCUT2D eigenvalue weighted by Gasteiger charge is -2.40. The molecule has 9 nitrogen and oxygen atoms in total. The van der Waals surface area contributed by atoms with Crippen LogP contribution in [0.5, 0.6) is 0 Å². The molecule has 2 saturated heterocycles. The summed E-state index contributed by atoms with van der Waals surface area (Å²) in [7, 11) is -1.37. The molecule has 0 N–H and O–H groups in total. The highest BCUT2D eigenvalue weighted by Gasteiger charge is 2.34. The molecular weight excluding hydrogens is 332 g/mol. The van der Waals surface area contributed by atoms with Crippen molar-refractivity contribution < 1.29 is 13.2 Å². The van der Waals surface area contributed by atoms with Gasteiger partial charge in [-0.05, 0) is 19.3 Å². The molecule has 134 valence electrons. The summed E-state index contributed by atoms with van der Waals surface area (Å²) in [6.07, 6.45) is 5.26. The third-order valence-corrected chi connectivity index (χ3v) is 5.90. The van der Waals surface area contributed by atoms with Gasteiger partial charge in [0.05, 0.1) is 13.2 Å². The standard InChI is InChI=1S/C14H24N6O3S/c1-18(20-6-4-3-5-12(20)24(2,21)22)13-15-11-16-14(17-13)19-7-9-23-10-8-19/h11-12H,3-10H2,1-2H3/t12-/m0/s1. The number of morpholine rings is 1. The Bertz CT molecular complexity index is 664. The average Bonchev–Trinajstić information content (AvgIpc) is 2.61. The minimum absolute atomic E-state index is 0.460. The Morgan fingerprint density at radius 1 is 1.21 bits per heavy atom. The molecule has 0 unspecified atom stereocenters. The summed E-state index contributed by atoms with van der Waals surface area (Å²) in [5.41, 5.74) is 0. The van der Waals surface area contributed by atoms with Gasteiger partial charge in [-0.15, -0.1) is 0 Å². The molecule has 0 aliphatic carbocycles. The average molecular weight is 356 g/mol. The fraction of sp³-hybridized carbons (Fsp3) is 0.786. The molecule has 3 rings (SSSR count). The Balaban J connectivity index is 1.82. The number of rotatable bonds is 4. The topological polar surface area (TPSA) is 91.8 Å². The molecule has 2 fully saturated rings. The second-order valence-electron chi connectivity index (χ2n) is 6.15. The zero-order valence-electron chi connectivity index (χ0n) is 14.1. The van der Waals surface area contributed by atoms with Crippen molar-refractivity contribution in [3.8, 4) is 0 Å². The van der Waals surface area contributed by atoms with Gasteiger partial charge in [0.25, 0.3) is 0 Å². The molecule has 24 heavy (non-hydrogen) atoms. The quantitative estimate of drug-likeness (QED) is 0.734. The molecule has 2 aliphatic rings. The first-order chi connectivity index (χ1) is 11.5. The summed E-state index contributed by atoms with van der Waals surface area (Å²) in [6.45, 7) is 3.46. The molecule has 0 bridgehead atoms. The molecule has 1 aromatic rings. The molecule has 0 amide bonds. The smallest absolute Gasteiger partial charge is 0.244 e. The second-order valence-corrected chi connectivity index (χ2v) is 8.35. The highest BCUT2D eigenvalue weighted by molar-refractivity contribution is 7.91. The minimum atomic E-state index is -3.17. The van der Waals surface area contributed by atoms with Crippen molar-refractivity contribution >= 4 is 21.7 Å². The second kappa shape index (κ2) is 7.16. The van der Waals surface area contributed by atoms with E-state index in [2.05, 4.69) is 15.0 Å². The SMILES string of the molecule is CN(c1ncnc(N2CCOCC2)n1)N1CCCC[C@@H]1S(C)(=O)=O. The summed E-state index contributed by atoms with van der Waals surface area (Å²) in [6, 6.07) is 0. The first kappa shape index (κ1) is 17.3. The van der Waals surface area contributed by atoms with Crippen LogP contribution in [0.4, 0.5) is 11.9 Å². The maximum Gasteiger partial charge on any atom is 0.244 e. The van der Waals surface area contributed by atoms with E-state index in [9.17, 15) is 8.42 Å². The van der Waals surface area contributed by atoms with Crippen molar-refractivity contribution in [1.29, 1.82) is 0 Å². The monoisotopic (exact) mass is 356 g/mol. The molecular formula is C14H24N6O3S. The molecule has 1 atom stereocenters. The Hall–Kier alpha value is -1.52. The van der Waals surface area contributed by atoms with Gasteiger partial charge in [-0.1, -0.05) is 0 Å².